The van der Waals surface area contributed by atoms with Crippen LogP contribution in [0.2, 0.25) is 5.02 Å². The molecule has 1 amide bonds. The molecule has 2 N–H and O–H groups in total. The summed E-state index contributed by atoms with van der Waals surface area (Å²) in [5.41, 5.74) is 2.19. The summed E-state index contributed by atoms with van der Waals surface area (Å²) in [6, 6.07) is 13.5. The quantitative estimate of drug-likeness (QED) is 0.533. The highest BCUT2D eigenvalue weighted by atomic mass is 35.5. The van der Waals surface area contributed by atoms with Crippen LogP contribution < -0.4 is 5.14 Å². The first-order valence-electron chi connectivity index (χ1n) is 10.8. The average molecular weight is 520 g/mol. The number of nitrogens with two attached hydrogens (primary N) is 1. The van der Waals surface area contributed by atoms with Gasteiger partial charge in [0.05, 0.1) is 21.6 Å². The van der Waals surface area contributed by atoms with Gasteiger partial charge in [-0.15, -0.1) is 11.3 Å². The molecule has 3 atom stereocenters. The summed E-state index contributed by atoms with van der Waals surface area (Å²) in [5, 5.41) is 6.22. The number of carbonyl (C=O) groups excluding carboxylic acids is 1. The highest BCUT2D eigenvalue weighted by Gasteiger charge is 2.35. The smallest absolute Gasteiger partial charge is 0.282 e. The number of likely N-dealkylation sites (tertiary alicyclic amines) is 1. The Morgan fingerprint density at radius 2 is 1.62 bits per heavy atom. The number of nitrogens with zero attached hydrogens (tertiary/aromatic N) is 2. The second kappa shape index (κ2) is 9.75. The van der Waals surface area contributed by atoms with Crippen molar-refractivity contribution in [2.75, 3.05) is 20.2 Å². The molecule has 2 aromatic carbocycles. The molecule has 2 heterocycles. The van der Waals surface area contributed by atoms with Gasteiger partial charge >= 0.3 is 0 Å². The minimum Gasteiger partial charge on any atom is -0.381 e. The molecular formula is C24H26ClN3O4S2. The van der Waals surface area contributed by atoms with Crippen LogP contribution in [-0.4, -0.2) is 50.5 Å². The summed E-state index contributed by atoms with van der Waals surface area (Å²) in [7, 11) is -2.10. The third-order valence-corrected chi connectivity index (χ3v) is 8.34. The summed E-state index contributed by atoms with van der Waals surface area (Å²) in [6.07, 6.45) is 0.109. The largest absolute Gasteiger partial charge is 0.381 e. The molecule has 1 aliphatic rings. The molecule has 4 rings (SSSR count). The minimum absolute atomic E-state index is 0.0223. The van der Waals surface area contributed by atoms with E-state index >= 15 is 0 Å². The lowest BCUT2D eigenvalue weighted by molar-refractivity contribution is -0.0311. The van der Waals surface area contributed by atoms with Crippen molar-refractivity contribution in [2.45, 2.75) is 24.8 Å². The van der Waals surface area contributed by atoms with E-state index in [2.05, 4.69) is 13.8 Å². The molecule has 0 saturated carbocycles. The first kappa shape index (κ1) is 24.8. The Morgan fingerprint density at radius 1 is 1.06 bits per heavy atom. The molecule has 7 nitrogen and oxygen atoms in total. The van der Waals surface area contributed by atoms with Gasteiger partial charge in [0.1, 0.15) is 0 Å². The van der Waals surface area contributed by atoms with Crippen LogP contribution in [0.5, 0.6) is 0 Å². The van der Waals surface area contributed by atoms with Crippen LogP contribution in [0.4, 0.5) is 0 Å². The number of methoxy groups -OCH3 is 1. The van der Waals surface area contributed by atoms with Gasteiger partial charge in [-0.3, -0.25) is 4.79 Å². The number of hydrogen-bond acceptors (Lipinski definition) is 6. The summed E-state index contributed by atoms with van der Waals surface area (Å²) >= 11 is 7.36. The fourth-order valence-corrected chi connectivity index (χ4v) is 6.21. The number of halogens is 1. The molecule has 1 aromatic heterocycles. The van der Waals surface area contributed by atoms with E-state index in [1.165, 1.54) is 23.5 Å². The number of sulfonamides is 1. The third kappa shape index (κ3) is 5.04. The Kier molecular flexibility index (Phi) is 7.12. The molecule has 180 valence electrons. The summed E-state index contributed by atoms with van der Waals surface area (Å²) in [4.78, 5) is 20.8. The van der Waals surface area contributed by atoms with Crippen LogP contribution in [0.1, 0.15) is 23.6 Å². The minimum atomic E-state index is -3.81. The number of thiazole rings is 1. The summed E-state index contributed by atoms with van der Waals surface area (Å²) < 4.78 is 28.9. The molecule has 34 heavy (non-hydrogen) atoms. The van der Waals surface area contributed by atoms with Gasteiger partial charge in [-0.1, -0.05) is 49.7 Å². The van der Waals surface area contributed by atoms with Gasteiger partial charge in [-0.2, -0.15) is 0 Å². The van der Waals surface area contributed by atoms with E-state index in [1.54, 1.807) is 31.4 Å². The number of amides is 1. The first-order chi connectivity index (χ1) is 16.1. The number of rotatable bonds is 5. The molecule has 1 fully saturated rings. The SMILES string of the molecule is COC1[C@H](C)CN(C(=O)c2nc(-c3ccc(Cl)cc3)c(-c3ccc(S(N)(=O)=O)cc3)s2)C[C@@H]1C. The number of hydrogen-bond donors (Lipinski definition) is 1. The molecule has 0 spiro atoms. The topological polar surface area (TPSA) is 103 Å². The van der Waals surface area contributed by atoms with Gasteiger partial charge in [-0.25, -0.2) is 18.5 Å². The van der Waals surface area contributed by atoms with Crippen LogP contribution >= 0.6 is 22.9 Å². The number of carbonyl (C=O) groups is 1. The molecule has 3 aromatic rings. The van der Waals surface area contributed by atoms with Gasteiger partial charge in [-0.05, 0) is 29.8 Å². The van der Waals surface area contributed by atoms with Gasteiger partial charge in [0.25, 0.3) is 5.91 Å². The average Bonchev–Trinajstić information content (AvgIpc) is 3.24. The third-order valence-electron chi connectivity index (χ3n) is 6.07. The number of benzene rings is 2. The fraction of sp³-hybridized carbons (Fsp3) is 0.333. The second-order valence-corrected chi connectivity index (χ2v) is 11.6. The van der Waals surface area contributed by atoms with Crippen molar-refractivity contribution in [3.8, 4) is 21.7 Å². The number of aromatic nitrogens is 1. The van der Waals surface area contributed by atoms with E-state index < -0.39 is 10.0 Å². The standard InChI is InChI=1S/C24H26ClN3O4S2/c1-14-12-28(13-15(2)21(14)32-3)24(29)23-27-20(16-4-8-18(25)9-5-16)22(33-23)17-6-10-19(11-7-17)34(26,30)31/h4-11,14-15,21H,12-13H2,1-3H3,(H2,26,30,31)/t14-,15+,21?. The number of ether oxygens (including phenoxy) is 1. The molecule has 0 radical (unpaired) electrons. The van der Waals surface area contributed by atoms with Crippen molar-refractivity contribution >= 4 is 38.9 Å². The maximum atomic E-state index is 13.5. The molecule has 0 aliphatic carbocycles. The number of piperidine rings is 1. The molecule has 0 bridgehead atoms. The van der Waals surface area contributed by atoms with E-state index in [-0.39, 0.29) is 28.7 Å². The molecule has 1 aliphatic heterocycles. The van der Waals surface area contributed by atoms with Crippen LogP contribution in [0.25, 0.3) is 21.7 Å². The highest BCUT2D eigenvalue weighted by Crippen LogP contribution is 2.38. The van der Waals surface area contributed by atoms with E-state index in [0.717, 1.165) is 16.0 Å². The van der Waals surface area contributed by atoms with E-state index in [0.29, 0.717) is 28.8 Å². The molecule has 10 heteroatoms. The predicted octanol–water partition coefficient (Wildman–Crippen LogP) is 4.52. The van der Waals surface area contributed by atoms with Crippen molar-refractivity contribution in [1.29, 1.82) is 0 Å². The van der Waals surface area contributed by atoms with Gasteiger partial charge in [0, 0.05) is 42.6 Å². The van der Waals surface area contributed by atoms with Crippen molar-refractivity contribution in [3.63, 3.8) is 0 Å². The lowest BCUT2D eigenvalue weighted by Gasteiger charge is -2.40. The molecule has 1 unspecified atom stereocenters. The van der Waals surface area contributed by atoms with E-state index in [1.807, 2.05) is 17.0 Å². The molecular weight excluding hydrogens is 494 g/mol. The monoisotopic (exact) mass is 519 g/mol. The Balaban J connectivity index is 1.74. The highest BCUT2D eigenvalue weighted by molar-refractivity contribution is 7.89. The lowest BCUT2D eigenvalue weighted by atomic mass is 9.88. The van der Waals surface area contributed by atoms with Crippen LogP contribution in [0, 0.1) is 11.8 Å². The van der Waals surface area contributed by atoms with Crippen molar-refractivity contribution < 1.29 is 17.9 Å². The maximum absolute atomic E-state index is 13.5. The predicted molar refractivity (Wildman–Crippen MR) is 134 cm³/mol. The van der Waals surface area contributed by atoms with Gasteiger partial charge in [0.2, 0.25) is 10.0 Å². The summed E-state index contributed by atoms with van der Waals surface area (Å²) in [6.45, 7) is 5.36. The zero-order valence-corrected chi connectivity index (χ0v) is 21.5. The van der Waals surface area contributed by atoms with Crippen molar-refractivity contribution in [3.05, 3.63) is 58.6 Å². The lowest BCUT2D eigenvalue weighted by Crippen LogP contribution is -2.50. The Hall–Kier alpha value is -2.30. The van der Waals surface area contributed by atoms with E-state index in [9.17, 15) is 13.2 Å². The molecule has 1 saturated heterocycles. The second-order valence-electron chi connectivity index (χ2n) is 8.64. The first-order valence-corrected chi connectivity index (χ1v) is 13.5. The van der Waals surface area contributed by atoms with Gasteiger partial charge < -0.3 is 9.64 Å². The van der Waals surface area contributed by atoms with Crippen LogP contribution in [0.15, 0.2) is 53.4 Å². The Morgan fingerprint density at radius 3 is 2.15 bits per heavy atom. The van der Waals surface area contributed by atoms with Crippen LogP contribution in [-0.2, 0) is 14.8 Å². The van der Waals surface area contributed by atoms with Crippen molar-refractivity contribution in [1.82, 2.24) is 9.88 Å². The Labute approximate surface area is 208 Å². The maximum Gasteiger partial charge on any atom is 0.282 e. The van der Waals surface area contributed by atoms with Gasteiger partial charge in [0.15, 0.2) is 5.01 Å². The fourth-order valence-electron chi connectivity index (χ4n) is 4.51. The van der Waals surface area contributed by atoms with Crippen LogP contribution in [0.3, 0.4) is 0 Å². The Bertz CT molecular complexity index is 1280. The zero-order chi connectivity index (χ0) is 24.6. The number of primary sulfonamides is 1. The summed E-state index contributed by atoms with van der Waals surface area (Å²) in [5.74, 6) is 0.290. The normalized spacial score (nSPS) is 21.0. The van der Waals surface area contributed by atoms with E-state index in [4.69, 9.17) is 26.5 Å². The van der Waals surface area contributed by atoms with Crippen molar-refractivity contribution in [2.24, 2.45) is 17.0 Å². The zero-order valence-electron chi connectivity index (χ0n) is 19.1.